The van der Waals surface area contributed by atoms with Gasteiger partial charge in [0.2, 0.25) is 0 Å². The van der Waals surface area contributed by atoms with E-state index in [9.17, 15) is 0 Å². The van der Waals surface area contributed by atoms with Crippen LogP contribution in [0.4, 0.5) is 0 Å². The number of rotatable bonds is 2. The van der Waals surface area contributed by atoms with E-state index in [1.165, 1.54) is 58.2 Å². The molecule has 19 heavy (non-hydrogen) atoms. The minimum Gasteiger partial charge on any atom is -0.310 e. The van der Waals surface area contributed by atoms with Crippen molar-refractivity contribution in [3.63, 3.8) is 0 Å². The summed E-state index contributed by atoms with van der Waals surface area (Å²) < 4.78 is 0. The Morgan fingerprint density at radius 1 is 1.26 bits per heavy atom. The molecule has 2 unspecified atom stereocenters. The van der Waals surface area contributed by atoms with Crippen LogP contribution in [-0.4, -0.2) is 36.6 Å². The van der Waals surface area contributed by atoms with Crippen LogP contribution in [0.1, 0.15) is 52.4 Å². The normalized spacial score (nSPS) is 40.6. The summed E-state index contributed by atoms with van der Waals surface area (Å²) in [7, 11) is 0. The van der Waals surface area contributed by atoms with Gasteiger partial charge in [-0.05, 0) is 64.0 Å². The average molecular weight is 262 g/mol. The van der Waals surface area contributed by atoms with Crippen LogP contribution in [0.3, 0.4) is 0 Å². The first kappa shape index (κ1) is 13.6. The minimum atomic E-state index is 0.694. The van der Waals surface area contributed by atoms with E-state index in [0.717, 1.165) is 17.9 Å². The van der Waals surface area contributed by atoms with E-state index in [-0.39, 0.29) is 0 Å². The molecule has 2 nitrogen and oxygen atoms in total. The number of allylic oxidation sites excluding steroid dienone is 1. The molecule has 0 bridgehead atoms. The molecule has 4 atom stereocenters. The Balaban J connectivity index is 1.67. The van der Waals surface area contributed by atoms with Crippen LogP contribution in [0.2, 0.25) is 0 Å². The van der Waals surface area contributed by atoms with Crippen molar-refractivity contribution in [2.45, 2.75) is 64.5 Å². The second-order valence-electron chi connectivity index (χ2n) is 7.09. The molecule has 0 saturated carbocycles. The van der Waals surface area contributed by atoms with Gasteiger partial charge in [0.15, 0.2) is 0 Å². The summed E-state index contributed by atoms with van der Waals surface area (Å²) in [6.07, 6.45) is 10.9. The summed E-state index contributed by atoms with van der Waals surface area (Å²) >= 11 is 0. The molecule has 0 aromatic carbocycles. The van der Waals surface area contributed by atoms with Gasteiger partial charge in [0.25, 0.3) is 0 Å². The highest BCUT2D eigenvalue weighted by Gasteiger charge is 2.34. The first-order chi connectivity index (χ1) is 9.24. The zero-order valence-corrected chi connectivity index (χ0v) is 12.7. The zero-order chi connectivity index (χ0) is 13.2. The summed E-state index contributed by atoms with van der Waals surface area (Å²) in [5.74, 6) is 1.63. The summed E-state index contributed by atoms with van der Waals surface area (Å²) in [4.78, 5) is 2.76. The van der Waals surface area contributed by atoms with Gasteiger partial charge in [-0.3, -0.25) is 0 Å². The third kappa shape index (κ3) is 3.05. The summed E-state index contributed by atoms with van der Waals surface area (Å²) in [6.45, 7) is 8.71. The maximum absolute atomic E-state index is 3.80. The summed E-state index contributed by atoms with van der Waals surface area (Å²) in [6, 6.07) is 1.50. The number of nitrogens with zero attached hydrogens (tertiary/aromatic N) is 1. The first-order valence-corrected chi connectivity index (χ1v) is 8.42. The van der Waals surface area contributed by atoms with Crippen LogP contribution < -0.4 is 5.32 Å². The van der Waals surface area contributed by atoms with Gasteiger partial charge in [0.1, 0.15) is 0 Å². The Morgan fingerprint density at radius 3 is 3.00 bits per heavy atom. The predicted octanol–water partition coefficient (Wildman–Crippen LogP) is 3.20. The predicted molar refractivity (Wildman–Crippen MR) is 81.3 cm³/mol. The molecular formula is C17H30N2. The Kier molecular flexibility index (Phi) is 4.28. The molecule has 0 amide bonds. The van der Waals surface area contributed by atoms with Crippen molar-refractivity contribution in [2.24, 2.45) is 11.8 Å². The second kappa shape index (κ2) is 5.97. The zero-order valence-electron chi connectivity index (χ0n) is 12.7. The molecule has 0 spiro atoms. The third-order valence-corrected chi connectivity index (χ3v) is 5.46. The number of likely N-dealkylation sites (tertiary alicyclic amines) is 1. The Hall–Kier alpha value is -0.340. The summed E-state index contributed by atoms with van der Waals surface area (Å²) in [5.41, 5.74) is 1.72. The summed E-state index contributed by atoms with van der Waals surface area (Å²) in [5, 5.41) is 3.80. The number of hydrogen-bond acceptors (Lipinski definition) is 2. The van der Waals surface area contributed by atoms with Crippen molar-refractivity contribution < 1.29 is 0 Å². The molecule has 3 aliphatic rings. The highest BCUT2D eigenvalue weighted by molar-refractivity contribution is 5.20. The van der Waals surface area contributed by atoms with Crippen molar-refractivity contribution >= 4 is 0 Å². The van der Waals surface area contributed by atoms with Crippen molar-refractivity contribution in [1.29, 1.82) is 0 Å². The van der Waals surface area contributed by atoms with Gasteiger partial charge in [-0.25, -0.2) is 0 Å². The second-order valence-corrected chi connectivity index (χ2v) is 7.09. The molecule has 1 N–H and O–H groups in total. The monoisotopic (exact) mass is 262 g/mol. The van der Waals surface area contributed by atoms with E-state index in [4.69, 9.17) is 0 Å². The van der Waals surface area contributed by atoms with Crippen molar-refractivity contribution in [3.8, 4) is 0 Å². The van der Waals surface area contributed by atoms with E-state index in [1.54, 1.807) is 5.57 Å². The van der Waals surface area contributed by atoms with E-state index in [2.05, 4.69) is 30.1 Å². The van der Waals surface area contributed by atoms with E-state index in [0.29, 0.717) is 6.04 Å². The highest BCUT2D eigenvalue weighted by Crippen LogP contribution is 2.34. The van der Waals surface area contributed by atoms with Crippen molar-refractivity contribution in [3.05, 3.63) is 11.6 Å². The molecule has 3 rings (SSSR count). The average Bonchev–Trinajstić information content (AvgIpc) is 2.41. The van der Waals surface area contributed by atoms with Gasteiger partial charge in [0.05, 0.1) is 0 Å². The van der Waals surface area contributed by atoms with Gasteiger partial charge >= 0.3 is 0 Å². The molecule has 0 aromatic heterocycles. The fourth-order valence-corrected chi connectivity index (χ4v) is 4.45. The van der Waals surface area contributed by atoms with Crippen molar-refractivity contribution in [2.75, 3.05) is 19.6 Å². The van der Waals surface area contributed by atoms with Crippen LogP contribution in [0.25, 0.3) is 0 Å². The number of hydrogen-bond donors (Lipinski definition) is 1. The lowest BCUT2D eigenvalue weighted by Crippen LogP contribution is -2.50. The van der Waals surface area contributed by atoms with Crippen LogP contribution in [0.5, 0.6) is 0 Å². The van der Waals surface area contributed by atoms with Gasteiger partial charge in [-0.2, -0.15) is 0 Å². The molecule has 0 aromatic rings. The van der Waals surface area contributed by atoms with Crippen LogP contribution >= 0.6 is 0 Å². The first-order valence-electron chi connectivity index (χ1n) is 8.42. The molecule has 0 radical (unpaired) electrons. The van der Waals surface area contributed by atoms with E-state index in [1.807, 2.05) is 0 Å². The Bertz CT molecular complexity index is 336. The van der Waals surface area contributed by atoms with Crippen LogP contribution in [0.15, 0.2) is 11.6 Å². The molecule has 2 aliphatic heterocycles. The quantitative estimate of drug-likeness (QED) is 0.769. The molecule has 1 aliphatic carbocycles. The SMILES string of the molecule is CC1C=C2CCCN[C@H]2C(CN2CCCC[C@@H]2C)C1. The standard InChI is InChI=1S/C17H30N2/c1-13-10-15-7-5-8-18-17(15)16(11-13)12-19-9-4-3-6-14(19)2/h10,13-14,16-18H,3-9,11-12H2,1-2H3/t13?,14-,16?,17+/m0/s1. The maximum atomic E-state index is 3.80. The van der Waals surface area contributed by atoms with Crippen molar-refractivity contribution in [1.82, 2.24) is 10.2 Å². The maximum Gasteiger partial charge on any atom is 0.0320 e. The Labute approximate surface area is 118 Å². The fourth-order valence-electron chi connectivity index (χ4n) is 4.45. The topological polar surface area (TPSA) is 15.3 Å². The number of nitrogens with one attached hydrogen (secondary N) is 1. The lowest BCUT2D eigenvalue weighted by Gasteiger charge is -2.43. The highest BCUT2D eigenvalue weighted by atomic mass is 15.2. The van der Waals surface area contributed by atoms with Gasteiger partial charge < -0.3 is 10.2 Å². The number of piperidine rings is 2. The molecule has 108 valence electrons. The van der Waals surface area contributed by atoms with E-state index >= 15 is 0 Å². The van der Waals surface area contributed by atoms with Gasteiger partial charge in [0, 0.05) is 18.6 Å². The Morgan fingerprint density at radius 2 is 2.16 bits per heavy atom. The van der Waals surface area contributed by atoms with E-state index < -0.39 is 0 Å². The molecule has 2 heterocycles. The molecule has 2 fully saturated rings. The van der Waals surface area contributed by atoms with Gasteiger partial charge in [-0.1, -0.05) is 25.0 Å². The molecule has 2 heteroatoms. The third-order valence-electron chi connectivity index (χ3n) is 5.46. The molecule has 2 saturated heterocycles. The largest absolute Gasteiger partial charge is 0.310 e. The molecular weight excluding hydrogens is 232 g/mol. The lowest BCUT2D eigenvalue weighted by molar-refractivity contribution is 0.114. The smallest absolute Gasteiger partial charge is 0.0320 e. The fraction of sp³-hybridized carbons (Fsp3) is 0.882. The minimum absolute atomic E-state index is 0.694. The van der Waals surface area contributed by atoms with Crippen LogP contribution in [0, 0.1) is 11.8 Å². The van der Waals surface area contributed by atoms with Gasteiger partial charge in [-0.15, -0.1) is 0 Å². The number of fused-ring (bicyclic) bond motifs is 1. The van der Waals surface area contributed by atoms with Crippen LogP contribution in [-0.2, 0) is 0 Å². The lowest BCUT2D eigenvalue weighted by atomic mass is 9.75.